The number of fused-ring (bicyclic) bond motifs is 1. The number of aryl methyl sites for hydroxylation is 1. The van der Waals surface area contributed by atoms with Gasteiger partial charge in [-0.1, -0.05) is 11.6 Å². The highest BCUT2D eigenvalue weighted by atomic mass is 35.5. The second-order valence-electron chi connectivity index (χ2n) is 5.20. The molecule has 1 atom stereocenters. The molecule has 2 heterocycles. The molecule has 0 aliphatic carbocycles. The van der Waals surface area contributed by atoms with E-state index in [-0.39, 0.29) is 17.5 Å². The van der Waals surface area contributed by atoms with Crippen molar-refractivity contribution >= 4 is 32.5 Å². The number of sulfone groups is 1. The van der Waals surface area contributed by atoms with Crippen LogP contribution in [0.5, 0.6) is 0 Å². The van der Waals surface area contributed by atoms with Crippen LogP contribution < -0.4 is 5.32 Å². The number of imidazole rings is 1. The van der Waals surface area contributed by atoms with Gasteiger partial charge in [-0.15, -0.1) is 0 Å². The summed E-state index contributed by atoms with van der Waals surface area (Å²) in [7, 11) is -0.897. The van der Waals surface area contributed by atoms with Gasteiger partial charge in [-0.2, -0.15) is 0 Å². The van der Waals surface area contributed by atoms with Crippen LogP contribution in [0.25, 0.3) is 11.0 Å². The number of benzene rings is 1. The van der Waals surface area contributed by atoms with E-state index in [1.807, 2.05) is 29.8 Å². The first-order valence-electron chi connectivity index (χ1n) is 6.49. The van der Waals surface area contributed by atoms with Crippen LogP contribution in [0.2, 0.25) is 5.02 Å². The molecule has 108 valence electrons. The van der Waals surface area contributed by atoms with Crippen LogP contribution in [0, 0.1) is 0 Å². The molecule has 1 aromatic heterocycles. The number of halogens is 1. The van der Waals surface area contributed by atoms with E-state index in [2.05, 4.69) is 10.3 Å². The zero-order chi connectivity index (χ0) is 14.3. The zero-order valence-corrected chi connectivity index (χ0v) is 12.7. The van der Waals surface area contributed by atoms with Gasteiger partial charge in [0.1, 0.15) is 5.82 Å². The molecule has 0 saturated carbocycles. The van der Waals surface area contributed by atoms with Crippen molar-refractivity contribution in [2.75, 3.05) is 11.5 Å². The van der Waals surface area contributed by atoms with Crippen molar-refractivity contribution in [3.63, 3.8) is 0 Å². The predicted molar refractivity (Wildman–Crippen MR) is 79.6 cm³/mol. The zero-order valence-electron chi connectivity index (χ0n) is 11.1. The third kappa shape index (κ3) is 2.68. The van der Waals surface area contributed by atoms with Crippen molar-refractivity contribution in [3.8, 4) is 0 Å². The molecule has 1 saturated heterocycles. The van der Waals surface area contributed by atoms with Crippen molar-refractivity contribution in [1.29, 1.82) is 0 Å². The molecule has 1 aliphatic rings. The van der Waals surface area contributed by atoms with Crippen LogP contribution >= 0.6 is 11.6 Å². The molecule has 0 amide bonds. The SMILES string of the molecule is Cn1c(CNC2CCS(=O)(=O)C2)nc2cc(Cl)ccc21. The Hall–Kier alpha value is -1.11. The quantitative estimate of drug-likeness (QED) is 0.933. The van der Waals surface area contributed by atoms with E-state index in [9.17, 15) is 8.42 Å². The van der Waals surface area contributed by atoms with E-state index in [0.29, 0.717) is 18.0 Å². The lowest BCUT2D eigenvalue weighted by atomic mass is 10.2. The van der Waals surface area contributed by atoms with Crippen LogP contribution in [-0.4, -0.2) is 35.5 Å². The maximum absolute atomic E-state index is 11.4. The Morgan fingerprint density at radius 3 is 3.00 bits per heavy atom. The largest absolute Gasteiger partial charge is 0.330 e. The normalized spacial score (nSPS) is 21.6. The first kappa shape index (κ1) is 13.9. The fraction of sp³-hybridized carbons (Fsp3) is 0.462. The molecule has 5 nitrogen and oxygen atoms in total. The summed E-state index contributed by atoms with van der Waals surface area (Å²) in [5.41, 5.74) is 1.88. The fourth-order valence-electron chi connectivity index (χ4n) is 2.57. The maximum Gasteiger partial charge on any atom is 0.151 e. The third-order valence-electron chi connectivity index (χ3n) is 3.72. The standard InChI is InChI=1S/C13H16ClN3O2S/c1-17-12-3-2-9(14)6-11(12)16-13(17)7-15-10-4-5-20(18,19)8-10/h2-3,6,10,15H,4-5,7-8H2,1H3. The Labute approximate surface area is 122 Å². The molecule has 1 N–H and O–H groups in total. The number of hydrogen-bond acceptors (Lipinski definition) is 4. The van der Waals surface area contributed by atoms with E-state index in [1.165, 1.54) is 0 Å². The summed E-state index contributed by atoms with van der Waals surface area (Å²) in [6.45, 7) is 0.559. The maximum atomic E-state index is 11.4. The smallest absolute Gasteiger partial charge is 0.151 e. The second kappa shape index (κ2) is 5.02. The molecule has 1 aromatic carbocycles. The molecule has 0 radical (unpaired) electrons. The van der Waals surface area contributed by atoms with Crippen LogP contribution in [-0.2, 0) is 23.4 Å². The monoisotopic (exact) mass is 313 g/mol. The van der Waals surface area contributed by atoms with Gasteiger partial charge in [0, 0.05) is 18.1 Å². The number of aromatic nitrogens is 2. The summed E-state index contributed by atoms with van der Waals surface area (Å²) < 4.78 is 24.8. The number of rotatable bonds is 3. The van der Waals surface area contributed by atoms with Crippen molar-refractivity contribution < 1.29 is 8.42 Å². The minimum Gasteiger partial charge on any atom is -0.330 e. The number of nitrogens with one attached hydrogen (secondary N) is 1. The Kier molecular flexibility index (Phi) is 3.48. The van der Waals surface area contributed by atoms with Crippen molar-refractivity contribution in [3.05, 3.63) is 29.0 Å². The predicted octanol–water partition coefficient (Wildman–Crippen LogP) is 1.50. The van der Waals surface area contributed by atoms with Gasteiger partial charge in [-0.3, -0.25) is 0 Å². The van der Waals surface area contributed by atoms with Crippen LogP contribution in [0.3, 0.4) is 0 Å². The topological polar surface area (TPSA) is 64.0 Å². The van der Waals surface area contributed by atoms with Gasteiger partial charge >= 0.3 is 0 Å². The fourth-order valence-corrected chi connectivity index (χ4v) is 4.45. The molecule has 1 aliphatic heterocycles. The highest BCUT2D eigenvalue weighted by molar-refractivity contribution is 7.91. The molecule has 0 spiro atoms. The highest BCUT2D eigenvalue weighted by Gasteiger charge is 2.27. The minimum atomic E-state index is -2.85. The molecule has 7 heteroatoms. The van der Waals surface area contributed by atoms with Gasteiger partial charge < -0.3 is 9.88 Å². The lowest BCUT2D eigenvalue weighted by molar-refractivity contribution is 0.535. The van der Waals surface area contributed by atoms with Gasteiger partial charge in [-0.05, 0) is 24.6 Å². The van der Waals surface area contributed by atoms with E-state index < -0.39 is 9.84 Å². The van der Waals surface area contributed by atoms with Crippen LogP contribution in [0.15, 0.2) is 18.2 Å². The third-order valence-corrected chi connectivity index (χ3v) is 5.72. The lowest BCUT2D eigenvalue weighted by Crippen LogP contribution is -2.30. The van der Waals surface area contributed by atoms with E-state index in [0.717, 1.165) is 16.9 Å². The van der Waals surface area contributed by atoms with Gasteiger partial charge in [0.25, 0.3) is 0 Å². The second-order valence-corrected chi connectivity index (χ2v) is 7.87. The van der Waals surface area contributed by atoms with Gasteiger partial charge in [0.05, 0.1) is 29.1 Å². The Bertz CT molecular complexity index is 754. The Morgan fingerprint density at radius 2 is 2.30 bits per heavy atom. The van der Waals surface area contributed by atoms with E-state index in [1.54, 1.807) is 0 Å². The summed E-state index contributed by atoms with van der Waals surface area (Å²) in [5.74, 6) is 1.39. The summed E-state index contributed by atoms with van der Waals surface area (Å²) in [6, 6.07) is 5.64. The molecule has 1 unspecified atom stereocenters. The summed E-state index contributed by atoms with van der Waals surface area (Å²) in [6.07, 6.45) is 0.679. The molecule has 0 bridgehead atoms. The molecule has 20 heavy (non-hydrogen) atoms. The van der Waals surface area contributed by atoms with Crippen LogP contribution in [0.1, 0.15) is 12.2 Å². The summed E-state index contributed by atoms with van der Waals surface area (Å²) in [5, 5.41) is 3.94. The summed E-state index contributed by atoms with van der Waals surface area (Å²) in [4.78, 5) is 4.54. The van der Waals surface area contributed by atoms with Gasteiger partial charge in [0.2, 0.25) is 0 Å². The van der Waals surface area contributed by atoms with Crippen molar-refractivity contribution in [2.45, 2.75) is 19.0 Å². The number of hydrogen-bond donors (Lipinski definition) is 1. The van der Waals surface area contributed by atoms with Crippen LogP contribution in [0.4, 0.5) is 0 Å². The lowest BCUT2D eigenvalue weighted by Gasteiger charge is -2.10. The average molecular weight is 314 g/mol. The highest BCUT2D eigenvalue weighted by Crippen LogP contribution is 2.20. The molecular formula is C13H16ClN3O2S. The van der Waals surface area contributed by atoms with Gasteiger partial charge in [-0.25, -0.2) is 13.4 Å². The van der Waals surface area contributed by atoms with Gasteiger partial charge in [0.15, 0.2) is 9.84 Å². The first-order chi connectivity index (χ1) is 9.44. The van der Waals surface area contributed by atoms with E-state index in [4.69, 9.17) is 11.6 Å². The minimum absolute atomic E-state index is 0.0309. The number of nitrogens with zero attached hydrogens (tertiary/aromatic N) is 2. The van der Waals surface area contributed by atoms with Crippen molar-refractivity contribution in [2.24, 2.45) is 7.05 Å². The molecular weight excluding hydrogens is 298 g/mol. The molecule has 2 aromatic rings. The Morgan fingerprint density at radius 1 is 1.50 bits per heavy atom. The molecule has 3 rings (SSSR count). The summed E-state index contributed by atoms with van der Waals surface area (Å²) >= 11 is 5.96. The first-order valence-corrected chi connectivity index (χ1v) is 8.69. The van der Waals surface area contributed by atoms with Crippen molar-refractivity contribution in [1.82, 2.24) is 14.9 Å². The average Bonchev–Trinajstić information content (AvgIpc) is 2.87. The van der Waals surface area contributed by atoms with E-state index >= 15 is 0 Å². The Balaban J connectivity index is 1.76. The molecule has 1 fully saturated rings.